The molecule has 0 N–H and O–H groups in total. The minimum absolute atomic E-state index is 0.160. The Bertz CT molecular complexity index is 381. The molecule has 1 aromatic rings. The third kappa shape index (κ3) is 2.23. The Morgan fingerprint density at radius 3 is 3.00 bits per heavy atom. The number of nitrogens with zero attached hydrogens (tertiary/aromatic N) is 1. The number of carbonyl (C=O) groups excluding carboxylic acids is 1. The highest BCUT2D eigenvalue weighted by Crippen LogP contribution is 2.27. The molecule has 0 aromatic heterocycles. The van der Waals surface area contributed by atoms with E-state index in [1.54, 1.807) is 11.9 Å². The minimum atomic E-state index is -0.272. The normalized spacial score (nSPS) is 21.3. The number of cyclic esters (lactones) is 1. The second-order valence-corrected chi connectivity index (χ2v) is 4.07. The van der Waals surface area contributed by atoms with Crippen LogP contribution in [0, 0.1) is 0 Å². The van der Waals surface area contributed by atoms with E-state index in [1.165, 1.54) is 0 Å². The quantitative estimate of drug-likeness (QED) is 0.736. The number of ether oxygens (including phenoxy) is 1. The first-order valence-electron chi connectivity index (χ1n) is 4.84. The van der Waals surface area contributed by atoms with Gasteiger partial charge < -0.3 is 9.64 Å². The van der Waals surface area contributed by atoms with E-state index in [4.69, 9.17) is 16.3 Å². The van der Waals surface area contributed by atoms with Crippen molar-refractivity contribution in [3.8, 4) is 0 Å². The SMILES string of the molecule is CN1CC[C@@H](c2cccc(Cl)c2)OC1=O. The summed E-state index contributed by atoms with van der Waals surface area (Å²) in [6.45, 7) is 0.718. The van der Waals surface area contributed by atoms with Crippen LogP contribution in [0.4, 0.5) is 4.79 Å². The highest BCUT2D eigenvalue weighted by molar-refractivity contribution is 6.30. The van der Waals surface area contributed by atoms with Crippen LogP contribution >= 0.6 is 11.6 Å². The smallest absolute Gasteiger partial charge is 0.410 e. The average molecular weight is 226 g/mol. The molecule has 0 radical (unpaired) electrons. The molecule has 1 fully saturated rings. The summed E-state index contributed by atoms with van der Waals surface area (Å²) >= 11 is 5.88. The van der Waals surface area contributed by atoms with Crippen molar-refractivity contribution in [2.24, 2.45) is 0 Å². The number of hydrogen-bond donors (Lipinski definition) is 0. The molecule has 0 bridgehead atoms. The van der Waals surface area contributed by atoms with Gasteiger partial charge >= 0.3 is 6.09 Å². The van der Waals surface area contributed by atoms with Crippen molar-refractivity contribution in [1.29, 1.82) is 0 Å². The molecule has 4 heteroatoms. The van der Waals surface area contributed by atoms with E-state index in [2.05, 4.69) is 0 Å². The van der Waals surface area contributed by atoms with E-state index >= 15 is 0 Å². The summed E-state index contributed by atoms with van der Waals surface area (Å²) in [6, 6.07) is 7.44. The van der Waals surface area contributed by atoms with Gasteiger partial charge in [0.25, 0.3) is 0 Å². The lowest BCUT2D eigenvalue weighted by molar-refractivity contribution is 0.0324. The summed E-state index contributed by atoms with van der Waals surface area (Å²) in [5.74, 6) is 0. The van der Waals surface area contributed by atoms with Gasteiger partial charge in [-0.25, -0.2) is 4.79 Å². The Kier molecular flexibility index (Phi) is 2.82. The van der Waals surface area contributed by atoms with Crippen LogP contribution in [-0.4, -0.2) is 24.6 Å². The van der Waals surface area contributed by atoms with E-state index in [1.807, 2.05) is 24.3 Å². The molecule has 1 amide bonds. The van der Waals surface area contributed by atoms with Gasteiger partial charge in [-0.05, 0) is 17.7 Å². The number of hydrogen-bond acceptors (Lipinski definition) is 2. The van der Waals surface area contributed by atoms with Gasteiger partial charge in [0.1, 0.15) is 6.10 Å². The molecule has 1 aliphatic rings. The van der Waals surface area contributed by atoms with Gasteiger partial charge in [0, 0.05) is 25.0 Å². The molecular formula is C11H12ClNO2. The predicted molar refractivity (Wildman–Crippen MR) is 57.9 cm³/mol. The van der Waals surface area contributed by atoms with Crippen molar-refractivity contribution >= 4 is 17.7 Å². The molecule has 1 saturated heterocycles. The summed E-state index contributed by atoms with van der Waals surface area (Å²) in [5.41, 5.74) is 0.962. The second-order valence-electron chi connectivity index (χ2n) is 3.64. The van der Waals surface area contributed by atoms with Crippen molar-refractivity contribution in [3.05, 3.63) is 34.9 Å². The first-order valence-corrected chi connectivity index (χ1v) is 5.22. The van der Waals surface area contributed by atoms with Crippen molar-refractivity contribution in [2.75, 3.05) is 13.6 Å². The Morgan fingerprint density at radius 1 is 1.53 bits per heavy atom. The Hall–Kier alpha value is -1.22. The van der Waals surface area contributed by atoms with E-state index in [0.29, 0.717) is 5.02 Å². The Labute approximate surface area is 93.6 Å². The first-order chi connectivity index (χ1) is 7.16. The first kappa shape index (κ1) is 10.3. The van der Waals surface area contributed by atoms with Gasteiger partial charge in [0.15, 0.2) is 0 Å². The summed E-state index contributed by atoms with van der Waals surface area (Å²) in [5, 5.41) is 0.669. The third-order valence-electron chi connectivity index (χ3n) is 2.50. The third-order valence-corrected chi connectivity index (χ3v) is 2.74. The summed E-state index contributed by atoms with van der Waals surface area (Å²) in [7, 11) is 1.73. The van der Waals surface area contributed by atoms with E-state index in [0.717, 1.165) is 18.5 Å². The summed E-state index contributed by atoms with van der Waals surface area (Å²) in [4.78, 5) is 12.9. The summed E-state index contributed by atoms with van der Waals surface area (Å²) < 4.78 is 5.27. The van der Waals surface area contributed by atoms with Crippen LogP contribution in [0.15, 0.2) is 24.3 Å². The van der Waals surface area contributed by atoms with Gasteiger partial charge in [0.2, 0.25) is 0 Å². The zero-order chi connectivity index (χ0) is 10.8. The second kappa shape index (κ2) is 4.11. The maximum absolute atomic E-state index is 11.3. The maximum Gasteiger partial charge on any atom is 0.410 e. The van der Waals surface area contributed by atoms with Crippen LogP contribution < -0.4 is 0 Å². The lowest BCUT2D eigenvalue weighted by Crippen LogP contribution is -2.35. The standard InChI is InChI=1S/C11H12ClNO2/c1-13-6-5-10(15-11(13)14)8-3-2-4-9(12)7-8/h2-4,7,10H,5-6H2,1H3/t10-/m0/s1. The van der Waals surface area contributed by atoms with Crippen LogP contribution in [0.5, 0.6) is 0 Å². The molecule has 0 aliphatic carbocycles. The lowest BCUT2D eigenvalue weighted by atomic mass is 10.1. The molecule has 1 aliphatic heterocycles. The van der Waals surface area contributed by atoms with Gasteiger partial charge in [-0.3, -0.25) is 0 Å². The van der Waals surface area contributed by atoms with Crippen molar-refractivity contribution in [2.45, 2.75) is 12.5 Å². The molecule has 15 heavy (non-hydrogen) atoms. The fraction of sp³-hybridized carbons (Fsp3) is 0.364. The lowest BCUT2D eigenvalue weighted by Gasteiger charge is -2.29. The highest BCUT2D eigenvalue weighted by Gasteiger charge is 2.25. The Balaban J connectivity index is 2.15. The average Bonchev–Trinajstić information content (AvgIpc) is 2.22. The van der Waals surface area contributed by atoms with Crippen LogP contribution in [0.1, 0.15) is 18.1 Å². The van der Waals surface area contributed by atoms with E-state index < -0.39 is 0 Å². The Morgan fingerprint density at radius 2 is 2.33 bits per heavy atom. The van der Waals surface area contributed by atoms with Crippen molar-refractivity contribution in [1.82, 2.24) is 4.90 Å². The van der Waals surface area contributed by atoms with Crippen LogP contribution in [0.2, 0.25) is 5.02 Å². The van der Waals surface area contributed by atoms with Crippen LogP contribution in [0.25, 0.3) is 0 Å². The zero-order valence-electron chi connectivity index (χ0n) is 8.44. The number of amides is 1. The van der Waals surface area contributed by atoms with Gasteiger partial charge in [0.05, 0.1) is 0 Å². The van der Waals surface area contributed by atoms with Crippen LogP contribution in [-0.2, 0) is 4.74 Å². The predicted octanol–water partition coefficient (Wildman–Crippen LogP) is 2.85. The number of rotatable bonds is 1. The molecule has 0 unspecified atom stereocenters. The minimum Gasteiger partial charge on any atom is -0.441 e. The number of halogens is 1. The molecule has 1 aromatic carbocycles. The van der Waals surface area contributed by atoms with Gasteiger partial charge in [-0.1, -0.05) is 23.7 Å². The van der Waals surface area contributed by atoms with Gasteiger partial charge in [-0.15, -0.1) is 0 Å². The van der Waals surface area contributed by atoms with Crippen molar-refractivity contribution < 1.29 is 9.53 Å². The fourth-order valence-corrected chi connectivity index (χ4v) is 1.81. The van der Waals surface area contributed by atoms with Crippen LogP contribution in [0.3, 0.4) is 0 Å². The molecular weight excluding hydrogens is 214 g/mol. The number of benzene rings is 1. The molecule has 1 heterocycles. The van der Waals surface area contributed by atoms with Gasteiger partial charge in [-0.2, -0.15) is 0 Å². The monoisotopic (exact) mass is 225 g/mol. The maximum atomic E-state index is 11.3. The summed E-state index contributed by atoms with van der Waals surface area (Å²) in [6.07, 6.45) is 0.376. The van der Waals surface area contributed by atoms with E-state index in [-0.39, 0.29) is 12.2 Å². The van der Waals surface area contributed by atoms with E-state index in [9.17, 15) is 4.79 Å². The molecule has 1 atom stereocenters. The number of carbonyl (C=O) groups is 1. The zero-order valence-corrected chi connectivity index (χ0v) is 9.20. The largest absolute Gasteiger partial charge is 0.441 e. The molecule has 80 valence electrons. The molecule has 3 nitrogen and oxygen atoms in total. The van der Waals surface area contributed by atoms with Crippen molar-refractivity contribution in [3.63, 3.8) is 0 Å². The molecule has 2 rings (SSSR count). The highest BCUT2D eigenvalue weighted by atomic mass is 35.5. The topological polar surface area (TPSA) is 29.5 Å². The fourth-order valence-electron chi connectivity index (χ4n) is 1.61. The molecule has 0 saturated carbocycles. The molecule has 0 spiro atoms.